The van der Waals surface area contributed by atoms with Crippen LogP contribution in [-0.4, -0.2) is 112 Å². The Morgan fingerprint density at radius 2 is 1.21 bits per heavy atom. The van der Waals surface area contributed by atoms with Crippen molar-refractivity contribution in [3.05, 3.63) is 146 Å². The van der Waals surface area contributed by atoms with Crippen LogP contribution in [0, 0.1) is 18.3 Å². The van der Waals surface area contributed by atoms with Crippen molar-refractivity contribution in [3.8, 4) is 29.4 Å². The van der Waals surface area contributed by atoms with E-state index in [1.54, 1.807) is 0 Å². The SMILES string of the molecule is [B]C1=C([B])C2C(=C1[B])C(c1ccc(-c3nc4ccccc4n3-c3ccc4ccccc4c3)cc1)=c1c([B])c([B])c([B])c([B])c1=C2Cc1c([B])c([B])c([B])c([B])c1/C([B])=C(/[B])C#C. The van der Waals surface area contributed by atoms with Gasteiger partial charge in [0.1, 0.15) is 108 Å². The molecule has 1 heterocycles. The summed E-state index contributed by atoms with van der Waals surface area (Å²) >= 11 is 0. The molecule has 7 aromatic rings. The third kappa shape index (κ3) is 6.27. The fraction of sp³-hybridized carbons (Fsp3) is 0.0426. The van der Waals surface area contributed by atoms with Crippen LogP contribution in [0.25, 0.3) is 55.5 Å². The molecule has 0 aliphatic heterocycles. The average Bonchev–Trinajstić information content (AvgIpc) is 3.78. The Morgan fingerprint density at radius 3 is 1.90 bits per heavy atom. The molecule has 2 aliphatic rings. The molecule has 0 N–H and O–H groups in total. The Kier molecular flexibility index (Phi) is 10.5. The first-order chi connectivity index (χ1) is 29.7. The van der Waals surface area contributed by atoms with Gasteiger partial charge in [0.15, 0.2) is 0 Å². The van der Waals surface area contributed by atoms with Crippen molar-refractivity contribution >= 4 is 184 Å². The molecule has 62 heavy (non-hydrogen) atoms. The van der Waals surface area contributed by atoms with Crippen LogP contribution in [0.2, 0.25) is 0 Å². The number of aromatic nitrogens is 2. The molecule has 0 amide bonds. The molecule has 26 radical (unpaired) electrons. The number of rotatable bonds is 6. The molecule has 256 valence electrons. The van der Waals surface area contributed by atoms with E-state index in [1.165, 1.54) is 0 Å². The van der Waals surface area contributed by atoms with E-state index >= 15 is 0 Å². The second-order valence-electron chi connectivity index (χ2n) is 15.5. The number of imidazole rings is 1. The molecule has 1 atom stereocenters. The summed E-state index contributed by atoms with van der Waals surface area (Å²) in [6.45, 7) is 0. The van der Waals surface area contributed by atoms with Gasteiger partial charge >= 0.3 is 0 Å². The summed E-state index contributed by atoms with van der Waals surface area (Å²) < 4.78 is 2.15. The summed E-state index contributed by atoms with van der Waals surface area (Å²) in [5, 5.41) is 3.14. The molecule has 9 rings (SSSR count). The van der Waals surface area contributed by atoms with Crippen molar-refractivity contribution in [2.24, 2.45) is 5.92 Å². The van der Waals surface area contributed by atoms with Crippen molar-refractivity contribution < 1.29 is 0 Å². The predicted molar refractivity (Wildman–Crippen MR) is 271 cm³/mol. The molecule has 0 fully saturated rings. The van der Waals surface area contributed by atoms with E-state index in [0.717, 1.165) is 38.9 Å². The lowest BCUT2D eigenvalue weighted by Crippen LogP contribution is -2.66. The quantitative estimate of drug-likeness (QED) is 0.131. The lowest BCUT2D eigenvalue weighted by atomic mass is 9.58. The monoisotopic (exact) mass is 754 g/mol. The van der Waals surface area contributed by atoms with E-state index in [0.29, 0.717) is 38.3 Å². The molecule has 0 spiro atoms. The van der Waals surface area contributed by atoms with Crippen LogP contribution in [-0.2, 0) is 6.42 Å². The lowest BCUT2D eigenvalue weighted by Gasteiger charge is -2.34. The highest BCUT2D eigenvalue weighted by Gasteiger charge is 2.36. The number of hydrogen-bond donors (Lipinski definition) is 0. The Bertz CT molecular complexity index is 3430. The molecule has 0 saturated carbocycles. The van der Waals surface area contributed by atoms with Gasteiger partial charge in [0.25, 0.3) is 0 Å². The van der Waals surface area contributed by atoms with Crippen LogP contribution >= 0.6 is 0 Å². The molecule has 1 unspecified atom stereocenters. The minimum Gasteiger partial charge on any atom is -0.292 e. The van der Waals surface area contributed by atoms with E-state index in [1.807, 2.05) is 54.6 Å². The Balaban J connectivity index is 1.33. The fourth-order valence-electron chi connectivity index (χ4n) is 8.96. The van der Waals surface area contributed by atoms with E-state index in [-0.39, 0.29) is 83.0 Å². The van der Waals surface area contributed by atoms with Crippen LogP contribution in [0.4, 0.5) is 0 Å². The summed E-state index contributed by atoms with van der Waals surface area (Å²) in [5.74, 6) is 2.31. The van der Waals surface area contributed by atoms with Gasteiger partial charge in [-0.1, -0.05) is 105 Å². The highest BCUT2D eigenvalue weighted by atomic mass is 15.1. The summed E-state index contributed by atoms with van der Waals surface area (Å²) in [6.07, 6.45) is 5.63. The molecule has 15 heteroatoms. The highest BCUT2D eigenvalue weighted by Crippen LogP contribution is 2.46. The summed E-state index contributed by atoms with van der Waals surface area (Å²) in [6, 6.07) is 30.5. The van der Waals surface area contributed by atoms with Crippen LogP contribution in [0.1, 0.15) is 16.7 Å². The zero-order chi connectivity index (χ0) is 44.0. The highest BCUT2D eigenvalue weighted by molar-refractivity contribution is 6.65. The standard InChI is InChI=1S/C47H19B13N2/c1-2-26(48)36(50)32-25(35(49)42(56)45(59)39(32)53)18-24-30-33(40(54)43(57)37(30)51)29(34-31(24)38(52)44(58)46(60)41(34)55)20-11-13-21(14-12-20)47-61-27-9-5-6-10-28(27)62(47)23-16-15-19-7-3-4-8-22(19)17-23/h1,3-17,30H,18H2/b36-26-. The maximum Gasteiger partial charge on any atom is 0.145 e. The first-order valence-electron chi connectivity index (χ1n) is 19.4. The van der Waals surface area contributed by atoms with Gasteiger partial charge in [-0.3, -0.25) is 4.57 Å². The minimum absolute atomic E-state index is 0.00471. The molecular weight excluding hydrogens is 733 g/mol. The van der Waals surface area contributed by atoms with E-state index < -0.39 is 5.92 Å². The zero-order valence-corrected chi connectivity index (χ0v) is 33.4. The summed E-state index contributed by atoms with van der Waals surface area (Å²) in [5.41, 5.74) is 7.67. The van der Waals surface area contributed by atoms with Crippen molar-refractivity contribution in [1.29, 1.82) is 0 Å². The third-order valence-corrected chi connectivity index (χ3v) is 12.2. The van der Waals surface area contributed by atoms with Crippen LogP contribution in [0.15, 0.2) is 118 Å². The van der Waals surface area contributed by atoms with Crippen molar-refractivity contribution in [1.82, 2.24) is 9.55 Å². The molecular formula is C47H19B13N2. The number of fused-ring (bicyclic) bond motifs is 4. The van der Waals surface area contributed by atoms with Gasteiger partial charge in [0, 0.05) is 17.2 Å². The van der Waals surface area contributed by atoms with Gasteiger partial charge in [-0.2, -0.15) is 0 Å². The number of hydrogen-bond acceptors (Lipinski definition) is 1. The normalized spacial score (nSPS) is 15.2. The summed E-state index contributed by atoms with van der Waals surface area (Å²) in [7, 11) is 86.5. The zero-order valence-electron chi connectivity index (χ0n) is 33.4. The van der Waals surface area contributed by atoms with Crippen LogP contribution in [0.5, 0.6) is 0 Å². The number of nitrogens with zero attached hydrogens (tertiary/aromatic N) is 2. The number of para-hydroxylation sites is 2. The second-order valence-corrected chi connectivity index (χ2v) is 15.5. The van der Waals surface area contributed by atoms with Gasteiger partial charge in [0.2, 0.25) is 0 Å². The largest absolute Gasteiger partial charge is 0.292 e. The molecule has 0 bridgehead atoms. The number of allylic oxidation sites excluding steroid dienone is 5. The smallest absolute Gasteiger partial charge is 0.145 e. The molecule has 2 nitrogen and oxygen atoms in total. The van der Waals surface area contributed by atoms with Gasteiger partial charge < -0.3 is 0 Å². The Labute approximate surface area is 379 Å². The fourth-order valence-corrected chi connectivity index (χ4v) is 8.96. The van der Waals surface area contributed by atoms with Crippen molar-refractivity contribution in [2.75, 3.05) is 0 Å². The van der Waals surface area contributed by atoms with Gasteiger partial charge in [-0.05, 0) is 85.3 Å². The molecule has 1 aromatic heterocycles. The first kappa shape index (κ1) is 41.8. The van der Waals surface area contributed by atoms with E-state index in [2.05, 4.69) is 46.9 Å². The maximum absolute atomic E-state index is 6.98. The predicted octanol–water partition coefficient (Wildman–Crippen LogP) is -2.96. The Hall–Kier alpha value is -5.59. The topological polar surface area (TPSA) is 17.8 Å². The van der Waals surface area contributed by atoms with Gasteiger partial charge in [0.05, 0.1) is 11.0 Å². The van der Waals surface area contributed by atoms with Gasteiger partial charge in [-0.25, -0.2) is 4.98 Å². The third-order valence-electron chi connectivity index (χ3n) is 12.2. The molecule has 2 aliphatic carbocycles. The second kappa shape index (κ2) is 15.6. The van der Waals surface area contributed by atoms with E-state index in [4.69, 9.17) is 113 Å². The van der Waals surface area contributed by atoms with Gasteiger partial charge in [-0.15, -0.1) is 44.7 Å². The molecule has 6 aromatic carbocycles. The number of benzene rings is 6. The molecule has 0 saturated heterocycles. The summed E-state index contributed by atoms with van der Waals surface area (Å²) in [4.78, 5) is 5.11. The van der Waals surface area contributed by atoms with Crippen molar-refractivity contribution in [2.45, 2.75) is 6.42 Å². The minimum atomic E-state index is -0.776. The average molecular weight is 752 g/mol. The first-order valence-corrected chi connectivity index (χ1v) is 19.4. The van der Waals surface area contributed by atoms with Crippen LogP contribution in [0.3, 0.4) is 0 Å². The van der Waals surface area contributed by atoms with Crippen molar-refractivity contribution in [3.63, 3.8) is 0 Å². The maximum atomic E-state index is 6.98. The Morgan fingerprint density at radius 1 is 0.613 bits per heavy atom. The lowest BCUT2D eigenvalue weighted by molar-refractivity contribution is 0.960. The van der Waals surface area contributed by atoms with Crippen LogP contribution < -0.4 is 54.1 Å². The number of terminal acetylenes is 1. The van der Waals surface area contributed by atoms with E-state index in [9.17, 15) is 0 Å².